The molecule has 0 aromatic rings. The van der Waals surface area contributed by atoms with Crippen molar-refractivity contribution in [3.63, 3.8) is 0 Å². The molecule has 1 rings (SSSR count). The highest BCUT2D eigenvalue weighted by Crippen LogP contribution is 2.36. The van der Waals surface area contributed by atoms with Crippen molar-refractivity contribution in [1.82, 2.24) is 0 Å². The van der Waals surface area contributed by atoms with Crippen molar-refractivity contribution in [1.29, 1.82) is 0 Å². The fourth-order valence-corrected chi connectivity index (χ4v) is 5.09. The number of phosphoric acid groups is 1. The van der Waals surface area contributed by atoms with Gasteiger partial charge in [0.05, 0.1) is 18.8 Å². The maximum absolute atomic E-state index is 12.3. The molecule has 268 valence electrons. The third kappa shape index (κ3) is 28.4. The van der Waals surface area contributed by atoms with E-state index in [1.165, 1.54) is 32.1 Å². The van der Waals surface area contributed by atoms with Gasteiger partial charge >= 0.3 is 19.8 Å². The molecule has 9 nitrogen and oxygen atoms in total. The number of carbonyl (C=O) groups is 2. The summed E-state index contributed by atoms with van der Waals surface area (Å²) in [5.74, 6) is -0.996. The van der Waals surface area contributed by atoms with E-state index in [1.54, 1.807) is 0 Å². The second-order valence-corrected chi connectivity index (χ2v) is 13.1. The Labute approximate surface area is 283 Å². The zero-order chi connectivity index (χ0) is 34.4. The van der Waals surface area contributed by atoms with Gasteiger partial charge in [0.25, 0.3) is 0 Å². The number of rotatable bonds is 30. The van der Waals surface area contributed by atoms with Crippen LogP contribution in [0.4, 0.5) is 0 Å². The maximum atomic E-state index is 12.3. The average molecular weight is 681 g/mol. The molecule has 0 bridgehead atoms. The molecule has 3 atom stereocenters. The molecule has 0 aromatic heterocycles. The van der Waals surface area contributed by atoms with E-state index in [9.17, 15) is 14.2 Å². The van der Waals surface area contributed by atoms with Gasteiger partial charge in [-0.15, -0.1) is 0 Å². The lowest BCUT2D eigenvalue weighted by Gasteiger charge is -2.18. The molecule has 47 heavy (non-hydrogen) atoms. The smallest absolute Gasteiger partial charge is 0.462 e. The molecule has 1 fully saturated rings. The number of hydrogen-bond donors (Lipinski definition) is 2. The number of allylic oxidation sites excluding steroid dienone is 8. The van der Waals surface area contributed by atoms with Crippen LogP contribution in [-0.4, -0.2) is 53.3 Å². The van der Waals surface area contributed by atoms with Gasteiger partial charge in [-0.1, -0.05) is 126 Å². The minimum atomic E-state index is -4.77. The summed E-state index contributed by atoms with van der Waals surface area (Å²) in [5, 5.41) is 0. The molecule has 1 saturated heterocycles. The molecule has 2 N–H and O–H groups in total. The molecule has 1 aliphatic rings. The first-order valence-electron chi connectivity index (χ1n) is 17.7. The summed E-state index contributed by atoms with van der Waals surface area (Å²) in [6.45, 7) is 3.45. The molecule has 0 aromatic carbocycles. The Bertz CT molecular complexity index is 1010. The monoisotopic (exact) mass is 680 g/mol. The Morgan fingerprint density at radius 1 is 0.681 bits per heavy atom. The summed E-state index contributed by atoms with van der Waals surface area (Å²) >= 11 is 0. The van der Waals surface area contributed by atoms with Crippen LogP contribution in [0.5, 0.6) is 0 Å². The minimum Gasteiger partial charge on any atom is -0.462 e. The van der Waals surface area contributed by atoms with E-state index < -0.39 is 32.5 Å². The molecule has 1 aliphatic heterocycles. The van der Waals surface area contributed by atoms with E-state index >= 15 is 0 Å². The van der Waals surface area contributed by atoms with E-state index in [-0.39, 0.29) is 19.4 Å². The van der Waals surface area contributed by atoms with Gasteiger partial charge in [0.1, 0.15) is 6.61 Å². The van der Waals surface area contributed by atoms with Crippen molar-refractivity contribution >= 4 is 19.8 Å². The average Bonchev–Trinajstić information content (AvgIpc) is 3.79. The zero-order valence-corrected chi connectivity index (χ0v) is 29.7. The number of hydrogen-bond acceptors (Lipinski definition) is 7. The van der Waals surface area contributed by atoms with E-state index in [0.29, 0.717) is 25.0 Å². The van der Waals surface area contributed by atoms with Gasteiger partial charge in [-0.25, -0.2) is 4.57 Å². The van der Waals surface area contributed by atoms with Crippen LogP contribution in [0.3, 0.4) is 0 Å². The second kappa shape index (κ2) is 28.7. The van der Waals surface area contributed by atoms with Crippen LogP contribution in [0.1, 0.15) is 129 Å². The lowest BCUT2D eigenvalue weighted by atomic mass is 10.1. The van der Waals surface area contributed by atoms with Gasteiger partial charge in [0.2, 0.25) is 0 Å². The van der Waals surface area contributed by atoms with E-state index in [2.05, 4.69) is 67.0 Å². The summed E-state index contributed by atoms with van der Waals surface area (Å²) in [7, 11) is -4.77. The van der Waals surface area contributed by atoms with Crippen molar-refractivity contribution in [3.8, 4) is 0 Å². The van der Waals surface area contributed by atoms with Gasteiger partial charge < -0.3 is 24.0 Å². The Hall–Kier alpha value is -2.29. The number of carbonyl (C=O) groups excluding carboxylic acids is 2. The second-order valence-electron chi connectivity index (χ2n) is 11.9. The standard InChI is InChI=1S/C37H61O9P/c1-3-5-7-8-9-14-18-21-25-29-36(38)43-31-33(32-44-47(40,41)42)45-37(39)30-26-22-19-16-13-11-10-12-15-17-20-24-28-35-34(46-35)27-23-6-4-2/h6,11-13,15,19-20,22-24,33-35H,3-5,7-10,14,16-18,21,25-32H2,1-2H3,(H2,40,41,42)/b13-11-,15-12-,22-19-,23-6-,24-20-/t33-,34?,35?/m1/s1. The third-order valence-corrected chi connectivity index (χ3v) is 7.95. The molecule has 0 radical (unpaired) electrons. The molecule has 0 aliphatic carbocycles. The van der Waals surface area contributed by atoms with Crippen LogP contribution in [0.25, 0.3) is 0 Å². The quantitative estimate of drug-likeness (QED) is 0.0251. The first kappa shape index (κ1) is 42.7. The Morgan fingerprint density at radius 3 is 1.79 bits per heavy atom. The van der Waals surface area contributed by atoms with E-state index in [4.69, 9.17) is 24.0 Å². The number of unbranched alkanes of at least 4 members (excludes halogenated alkanes) is 8. The van der Waals surface area contributed by atoms with Crippen LogP contribution in [0.15, 0.2) is 60.8 Å². The van der Waals surface area contributed by atoms with Gasteiger partial charge in [-0.3, -0.25) is 14.1 Å². The van der Waals surface area contributed by atoms with Crippen LogP contribution < -0.4 is 0 Å². The largest absolute Gasteiger partial charge is 0.469 e. The molecule has 10 heteroatoms. The summed E-state index contributed by atoms with van der Waals surface area (Å²) in [4.78, 5) is 42.5. The SMILES string of the molecule is CC/C=C\CC1OC1C/C=C\C/C=C\C/C=C\C/C=C\CCC(=O)O[C@H](COC(=O)CCCCCCCCCCC)COP(=O)(O)O. The minimum absolute atomic E-state index is 0.0820. The van der Waals surface area contributed by atoms with Crippen LogP contribution in [0.2, 0.25) is 0 Å². The van der Waals surface area contributed by atoms with Crippen molar-refractivity contribution in [2.45, 2.75) is 148 Å². The Kier molecular flexibility index (Phi) is 26.1. The summed E-state index contributed by atoms with van der Waals surface area (Å²) < 4.78 is 31.8. The van der Waals surface area contributed by atoms with Gasteiger partial charge in [-0.2, -0.15) is 0 Å². The molecular weight excluding hydrogens is 619 g/mol. The van der Waals surface area contributed by atoms with Crippen molar-refractivity contribution in [3.05, 3.63) is 60.8 Å². The molecule has 0 amide bonds. The molecule has 0 spiro atoms. The number of ether oxygens (including phenoxy) is 3. The Morgan fingerprint density at radius 2 is 1.21 bits per heavy atom. The van der Waals surface area contributed by atoms with Crippen molar-refractivity contribution < 1.29 is 42.7 Å². The third-order valence-electron chi connectivity index (χ3n) is 7.47. The zero-order valence-electron chi connectivity index (χ0n) is 28.8. The first-order valence-corrected chi connectivity index (χ1v) is 19.2. The topological polar surface area (TPSA) is 132 Å². The van der Waals surface area contributed by atoms with Crippen molar-refractivity contribution in [2.24, 2.45) is 0 Å². The highest BCUT2D eigenvalue weighted by atomic mass is 31.2. The van der Waals surface area contributed by atoms with Crippen LogP contribution in [-0.2, 0) is 32.9 Å². The van der Waals surface area contributed by atoms with E-state index in [1.807, 2.05) is 12.2 Å². The molecular formula is C37H61O9P. The number of esters is 2. The lowest BCUT2D eigenvalue weighted by molar-refractivity contribution is -0.161. The molecule has 0 saturated carbocycles. The van der Waals surface area contributed by atoms with Crippen molar-refractivity contribution in [2.75, 3.05) is 13.2 Å². The van der Waals surface area contributed by atoms with Crippen LogP contribution in [0, 0.1) is 0 Å². The number of phosphoric ester groups is 1. The highest BCUT2D eigenvalue weighted by Gasteiger charge is 2.35. The summed E-state index contributed by atoms with van der Waals surface area (Å²) in [6, 6.07) is 0. The van der Waals surface area contributed by atoms with Crippen LogP contribution >= 0.6 is 7.82 Å². The Balaban J connectivity index is 2.17. The molecule has 2 unspecified atom stereocenters. The normalized spacial score (nSPS) is 17.5. The molecule has 1 heterocycles. The summed E-state index contributed by atoms with van der Waals surface area (Å²) in [5.41, 5.74) is 0. The van der Waals surface area contributed by atoms with Gasteiger partial charge in [0.15, 0.2) is 6.10 Å². The lowest BCUT2D eigenvalue weighted by Crippen LogP contribution is -2.29. The fourth-order valence-electron chi connectivity index (χ4n) is 4.73. The van der Waals surface area contributed by atoms with Gasteiger partial charge in [0, 0.05) is 12.8 Å². The van der Waals surface area contributed by atoms with Gasteiger partial charge in [-0.05, 0) is 51.4 Å². The highest BCUT2D eigenvalue weighted by molar-refractivity contribution is 7.46. The first-order chi connectivity index (χ1) is 22.7. The number of epoxide rings is 1. The predicted octanol–water partition coefficient (Wildman–Crippen LogP) is 9.16. The summed E-state index contributed by atoms with van der Waals surface area (Å²) in [6.07, 6.45) is 37.2. The predicted molar refractivity (Wildman–Crippen MR) is 188 cm³/mol. The maximum Gasteiger partial charge on any atom is 0.469 e. The van der Waals surface area contributed by atoms with E-state index in [0.717, 1.165) is 57.8 Å². The fraction of sp³-hybridized carbons (Fsp3) is 0.676.